The lowest BCUT2D eigenvalue weighted by atomic mass is 9.88. The number of nitro benzene ring substituents is 1. The summed E-state index contributed by atoms with van der Waals surface area (Å²) in [6.45, 7) is 1.97. The average Bonchev–Trinajstić information content (AvgIpc) is 2.41. The van der Waals surface area contributed by atoms with Crippen LogP contribution in [0.3, 0.4) is 0 Å². The molecule has 0 heterocycles. The minimum atomic E-state index is -3.95. The zero-order chi connectivity index (χ0) is 14.8. The van der Waals surface area contributed by atoms with Gasteiger partial charge in [-0.25, -0.2) is 0 Å². The quantitative estimate of drug-likeness (QED) is 0.484. The Balaban J connectivity index is 2.21. The van der Waals surface area contributed by atoms with Crippen LogP contribution in [0.1, 0.15) is 32.6 Å². The molecule has 0 aliphatic heterocycles. The molecule has 0 saturated heterocycles. The van der Waals surface area contributed by atoms with Crippen molar-refractivity contribution in [2.45, 2.75) is 43.6 Å². The fraction of sp³-hybridized carbons (Fsp3) is 0.538. The van der Waals surface area contributed by atoms with Crippen molar-refractivity contribution in [1.82, 2.24) is 0 Å². The molecule has 0 bridgehead atoms. The van der Waals surface area contributed by atoms with Crippen molar-refractivity contribution < 1.29 is 17.5 Å². The van der Waals surface area contributed by atoms with E-state index in [9.17, 15) is 18.5 Å². The zero-order valence-electron chi connectivity index (χ0n) is 11.2. The number of nitrogens with zero attached hydrogens (tertiary/aromatic N) is 1. The van der Waals surface area contributed by atoms with Crippen LogP contribution in [-0.4, -0.2) is 19.4 Å². The molecule has 2 atom stereocenters. The summed E-state index contributed by atoms with van der Waals surface area (Å²) in [7, 11) is -3.95. The summed E-state index contributed by atoms with van der Waals surface area (Å²) < 4.78 is 29.6. The Morgan fingerprint density at radius 1 is 1.30 bits per heavy atom. The Morgan fingerprint density at radius 2 is 2.00 bits per heavy atom. The lowest BCUT2D eigenvalue weighted by molar-refractivity contribution is -0.385. The van der Waals surface area contributed by atoms with Crippen molar-refractivity contribution in [3.05, 3.63) is 34.4 Å². The van der Waals surface area contributed by atoms with E-state index in [4.69, 9.17) is 4.18 Å². The lowest BCUT2D eigenvalue weighted by Gasteiger charge is -2.27. The molecule has 0 radical (unpaired) electrons. The summed E-state index contributed by atoms with van der Waals surface area (Å²) in [5, 5.41) is 10.7. The zero-order valence-corrected chi connectivity index (χ0v) is 12.0. The van der Waals surface area contributed by atoms with E-state index in [1.54, 1.807) is 0 Å². The van der Waals surface area contributed by atoms with E-state index in [1.807, 2.05) is 6.92 Å². The van der Waals surface area contributed by atoms with Gasteiger partial charge in [-0.1, -0.05) is 25.8 Å². The largest absolute Gasteiger partial charge is 0.297 e. The summed E-state index contributed by atoms with van der Waals surface area (Å²) in [5.41, 5.74) is -0.258. The van der Waals surface area contributed by atoms with Gasteiger partial charge in [-0.05, 0) is 24.8 Å². The van der Waals surface area contributed by atoms with Gasteiger partial charge in [0, 0.05) is 12.1 Å². The summed E-state index contributed by atoms with van der Waals surface area (Å²) in [6.07, 6.45) is 3.33. The van der Waals surface area contributed by atoms with Gasteiger partial charge in [-0.2, -0.15) is 8.42 Å². The Kier molecular flexibility index (Phi) is 4.39. The number of hydrogen-bond acceptors (Lipinski definition) is 5. The van der Waals surface area contributed by atoms with Crippen molar-refractivity contribution >= 4 is 15.8 Å². The highest BCUT2D eigenvalue weighted by Crippen LogP contribution is 2.29. The second-order valence-corrected chi connectivity index (χ2v) is 6.68. The van der Waals surface area contributed by atoms with Crippen molar-refractivity contribution in [2.24, 2.45) is 5.92 Å². The number of non-ortho nitro benzene ring substituents is 1. The molecule has 1 fully saturated rings. The fourth-order valence-corrected chi connectivity index (χ4v) is 3.63. The van der Waals surface area contributed by atoms with Gasteiger partial charge in [0.2, 0.25) is 0 Å². The van der Waals surface area contributed by atoms with Gasteiger partial charge in [-0.15, -0.1) is 0 Å². The predicted octanol–water partition coefficient (Wildman–Crippen LogP) is 2.88. The molecule has 1 saturated carbocycles. The van der Waals surface area contributed by atoms with Gasteiger partial charge in [-0.3, -0.25) is 14.3 Å². The van der Waals surface area contributed by atoms with Crippen LogP contribution >= 0.6 is 0 Å². The first-order valence-electron chi connectivity index (χ1n) is 6.58. The van der Waals surface area contributed by atoms with E-state index in [-0.39, 0.29) is 22.6 Å². The summed E-state index contributed by atoms with van der Waals surface area (Å²) in [5.74, 6) is 0.178. The summed E-state index contributed by atoms with van der Waals surface area (Å²) >= 11 is 0. The molecule has 0 N–H and O–H groups in total. The first kappa shape index (κ1) is 14.9. The van der Waals surface area contributed by atoms with Crippen LogP contribution in [0.4, 0.5) is 5.69 Å². The first-order valence-corrected chi connectivity index (χ1v) is 7.99. The molecule has 2 unspecified atom stereocenters. The first-order chi connectivity index (χ1) is 9.40. The van der Waals surface area contributed by atoms with Crippen LogP contribution < -0.4 is 0 Å². The van der Waals surface area contributed by atoms with Crippen LogP contribution in [0.5, 0.6) is 0 Å². The molecule has 0 aromatic heterocycles. The highest BCUT2D eigenvalue weighted by molar-refractivity contribution is 7.86. The molecule has 7 heteroatoms. The number of benzene rings is 1. The Labute approximate surface area is 118 Å². The molecule has 20 heavy (non-hydrogen) atoms. The van der Waals surface area contributed by atoms with Gasteiger partial charge >= 0.3 is 0 Å². The second-order valence-electron chi connectivity index (χ2n) is 5.11. The van der Waals surface area contributed by atoms with Crippen molar-refractivity contribution in [3.8, 4) is 0 Å². The highest BCUT2D eigenvalue weighted by Gasteiger charge is 2.29. The number of hydrogen-bond donors (Lipinski definition) is 0. The van der Waals surface area contributed by atoms with Gasteiger partial charge in [0.15, 0.2) is 0 Å². The monoisotopic (exact) mass is 299 g/mol. The molecule has 1 aromatic rings. The minimum Gasteiger partial charge on any atom is -0.263 e. The van der Waals surface area contributed by atoms with Crippen LogP contribution in [0.25, 0.3) is 0 Å². The summed E-state index contributed by atoms with van der Waals surface area (Å²) in [4.78, 5) is 9.91. The Hall–Kier alpha value is -1.47. The van der Waals surface area contributed by atoms with Crippen LogP contribution in [0.2, 0.25) is 0 Å². The standard InChI is InChI=1S/C13H17NO5S/c1-10-5-2-3-8-13(10)19-20(17,18)12-7-4-6-11(9-12)14(15)16/h4,6-7,9-10,13H,2-3,5,8H2,1H3. The van der Waals surface area contributed by atoms with E-state index < -0.39 is 15.0 Å². The van der Waals surface area contributed by atoms with Gasteiger partial charge in [0.05, 0.1) is 11.0 Å². The Morgan fingerprint density at radius 3 is 2.65 bits per heavy atom. The second kappa shape index (κ2) is 5.88. The molecule has 1 aromatic carbocycles. The number of rotatable bonds is 4. The third-order valence-electron chi connectivity index (χ3n) is 3.60. The van der Waals surface area contributed by atoms with Crippen LogP contribution in [0.15, 0.2) is 29.2 Å². The van der Waals surface area contributed by atoms with Gasteiger partial charge < -0.3 is 0 Å². The maximum atomic E-state index is 12.2. The fourth-order valence-electron chi connectivity index (χ4n) is 2.40. The molecule has 1 aliphatic rings. The minimum absolute atomic E-state index is 0.163. The smallest absolute Gasteiger partial charge is 0.263 e. The molecule has 0 amide bonds. The Bertz CT molecular complexity index is 599. The average molecular weight is 299 g/mol. The van der Waals surface area contributed by atoms with Gasteiger partial charge in [0.1, 0.15) is 4.90 Å². The van der Waals surface area contributed by atoms with Crippen molar-refractivity contribution in [1.29, 1.82) is 0 Å². The topological polar surface area (TPSA) is 86.5 Å². The normalized spacial score (nSPS) is 23.4. The lowest BCUT2D eigenvalue weighted by Crippen LogP contribution is -2.28. The maximum absolute atomic E-state index is 12.2. The molecule has 2 rings (SSSR count). The molecular weight excluding hydrogens is 282 g/mol. The summed E-state index contributed by atoms with van der Waals surface area (Å²) in [6, 6.07) is 4.94. The van der Waals surface area contributed by atoms with Crippen LogP contribution in [-0.2, 0) is 14.3 Å². The SMILES string of the molecule is CC1CCCCC1OS(=O)(=O)c1cccc([N+](=O)[O-])c1. The highest BCUT2D eigenvalue weighted by atomic mass is 32.2. The number of nitro groups is 1. The van der Waals surface area contributed by atoms with E-state index in [0.29, 0.717) is 6.42 Å². The molecule has 1 aliphatic carbocycles. The molecule has 6 nitrogen and oxygen atoms in total. The van der Waals surface area contributed by atoms with Crippen molar-refractivity contribution in [2.75, 3.05) is 0 Å². The van der Waals surface area contributed by atoms with E-state index >= 15 is 0 Å². The van der Waals surface area contributed by atoms with Crippen molar-refractivity contribution in [3.63, 3.8) is 0 Å². The molecule has 0 spiro atoms. The molecule has 110 valence electrons. The molecular formula is C13H17NO5S. The van der Waals surface area contributed by atoms with Gasteiger partial charge in [0.25, 0.3) is 15.8 Å². The third kappa shape index (κ3) is 3.34. The van der Waals surface area contributed by atoms with E-state index in [1.165, 1.54) is 18.2 Å². The van der Waals surface area contributed by atoms with E-state index in [0.717, 1.165) is 25.3 Å². The maximum Gasteiger partial charge on any atom is 0.297 e. The van der Waals surface area contributed by atoms with Crippen LogP contribution in [0, 0.1) is 16.0 Å². The third-order valence-corrected chi connectivity index (χ3v) is 4.93. The predicted molar refractivity (Wildman–Crippen MR) is 72.8 cm³/mol. The van der Waals surface area contributed by atoms with E-state index in [2.05, 4.69) is 0 Å².